The van der Waals surface area contributed by atoms with Gasteiger partial charge in [0.05, 0.1) is 6.61 Å². The molecule has 0 aromatic carbocycles. The SMILES string of the molecule is OC1OCC12CCC2. The summed E-state index contributed by atoms with van der Waals surface area (Å²) in [6, 6.07) is 0. The van der Waals surface area contributed by atoms with Crippen molar-refractivity contribution in [1.29, 1.82) is 0 Å². The molecule has 1 N–H and O–H groups in total. The Labute approximate surface area is 48.5 Å². The highest BCUT2D eigenvalue weighted by atomic mass is 16.6. The quantitative estimate of drug-likeness (QED) is 0.497. The first kappa shape index (κ1) is 4.77. The number of aliphatic hydroxyl groups excluding tert-OH is 1. The van der Waals surface area contributed by atoms with Crippen molar-refractivity contribution in [2.24, 2.45) is 5.41 Å². The van der Waals surface area contributed by atoms with Gasteiger partial charge in [-0.2, -0.15) is 0 Å². The van der Waals surface area contributed by atoms with Gasteiger partial charge in [0.2, 0.25) is 0 Å². The molecule has 1 aliphatic heterocycles. The van der Waals surface area contributed by atoms with Crippen LogP contribution in [-0.4, -0.2) is 18.0 Å². The normalized spacial score (nSPS) is 40.9. The Morgan fingerprint density at radius 1 is 1.50 bits per heavy atom. The summed E-state index contributed by atoms with van der Waals surface area (Å²) in [5.74, 6) is 0. The van der Waals surface area contributed by atoms with Crippen LogP contribution in [0.5, 0.6) is 0 Å². The van der Waals surface area contributed by atoms with Gasteiger partial charge in [0.1, 0.15) is 0 Å². The van der Waals surface area contributed by atoms with Crippen molar-refractivity contribution < 1.29 is 9.84 Å². The van der Waals surface area contributed by atoms with Crippen molar-refractivity contribution in [3.63, 3.8) is 0 Å². The second kappa shape index (κ2) is 1.25. The molecule has 2 rings (SSSR count). The molecule has 0 bridgehead atoms. The number of ether oxygens (including phenoxy) is 1. The fourth-order valence-corrected chi connectivity index (χ4v) is 1.42. The van der Waals surface area contributed by atoms with Gasteiger partial charge in [-0.25, -0.2) is 0 Å². The van der Waals surface area contributed by atoms with Gasteiger partial charge in [-0.3, -0.25) is 0 Å². The van der Waals surface area contributed by atoms with E-state index in [1.807, 2.05) is 0 Å². The fraction of sp³-hybridized carbons (Fsp3) is 1.00. The molecular weight excluding hydrogens is 104 g/mol. The molecule has 1 saturated carbocycles. The lowest BCUT2D eigenvalue weighted by molar-refractivity contribution is -0.314. The van der Waals surface area contributed by atoms with Gasteiger partial charge in [-0.05, 0) is 12.8 Å². The van der Waals surface area contributed by atoms with Crippen LogP contribution in [0.3, 0.4) is 0 Å². The van der Waals surface area contributed by atoms with E-state index in [1.165, 1.54) is 19.3 Å². The van der Waals surface area contributed by atoms with E-state index in [2.05, 4.69) is 0 Å². The Morgan fingerprint density at radius 3 is 2.25 bits per heavy atom. The van der Waals surface area contributed by atoms with Crippen LogP contribution in [0.25, 0.3) is 0 Å². The molecule has 1 atom stereocenters. The lowest BCUT2D eigenvalue weighted by Gasteiger charge is -2.52. The van der Waals surface area contributed by atoms with E-state index in [-0.39, 0.29) is 5.41 Å². The van der Waals surface area contributed by atoms with Gasteiger partial charge < -0.3 is 9.84 Å². The first-order valence-electron chi connectivity index (χ1n) is 3.13. The molecule has 46 valence electrons. The van der Waals surface area contributed by atoms with Crippen LogP contribution >= 0.6 is 0 Å². The molecule has 0 aromatic heterocycles. The Bertz CT molecular complexity index is 102. The molecule has 2 fully saturated rings. The van der Waals surface area contributed by atoms with Crippen LogP contribution in [0, 0.1) is 5.41 Å². The first-order chi connectivity index (χ1) is 3.83. The minimum Gasteiger partial charge on any atom is -0.367 e. The monoisotopic (exact) mass is 114 g/mol. The van der Waals surface area contributed by atoms with E-state index >= 15 is 0 Å². The topological polar surface area (TPSA) is 29.5 Å². The van der Waals surface area contributed by atoms with Crippen LogP contribution in [0.2, 0.25) is 0 Å². The zero-order valence-corrected chi connectivity index (χ0v) is 4.76. The number of hydrogen-bond acceptors (Lipinski definition) is 2. The maximum atomic E-state index is 9.00. The van der Waals surface area contributed by atoms with E-state index in [9.17, 15) is 0 Å². The molecule has 2 nitrogen and oxygen atoms in total. The lowest BCUT2D eigenvalue weighted by Crippen LogP contribution is -2.55. The molecule has 0 aromatic rings. The third-order valence-corrected chi connectivity index (χ3v) is 2.40. The summed E-state index contributed by atoms with van der Waals surface area (Å²) in [7, 11) is 0. The summed E-state index contributed by atoms with van der Waals surface area (Å²) in [5.41, 5.74) is 0.236. The van der Waals surface area contributed by atoms with Crippen molar-refractivity contribution in [3.05, 3.63) is 0 Å². The van der Waals surface area contributed by atoms with Crippen molar-refractivity contribution in [2.75, 3.05) is 6.61 Å². The first-order valence-corrected chi connectivity index (χ1v) is 3.13. The van der Waals surface area contributed by atoms with Gasteiger partial charge in [0.25, 0.3) is 0 Å². The smallest absolute Gasteiger partial charge is 0.162 e. The summed E-state index contributed by atoms with van der Waals surface area (Å²) >= 11 is 0. The second-order valence-electron chi connectivity index (χ2n) is 2.88. The third-order valence-electron chi connectivity index (χ3n) is 2.40. The second-order valence-corrected chi connectivity index (χ2v) is 2.88. The average molecular weight is 114 g/mol. The molecule has 0 radical (unpaired) electrons. The van der Waals surface area contributed by atoms with E-state index in [1.54, 1.807) is 0 Å². The molecule has 2 heteroatoms. The summed E-state index contributed by atoms with van der Waals surface area (Å²) in [4.78, 5) is 0. The minimum atomic E-state index is -0.420. The van der Waals surface area contributed by atoms with E-state index in [4.69, 9.17) is 9.84 Å². The maximum absolute atomic E-state index is 9.00. The van der Waals surface area contributed by atoms with Crippen molar-refractivity contribution in [2.45, 2.75) is 25.6 Å². The summed E-state index contributed by atoms with van der Waals surface area (Å²) in [6.45, 7) is 0.800. The van der Waals surface area contributed by atoms with Crippen LogP contribution in [0.4, 0.5) is 0 Å². The molecule has 1 heterocycles. The largest absolute Gasteiger partial charge is 0.367 e. The van der Waals surface area contributed by atoms with Crippen LogP contribution < -0.4 is 0 Å². The molecule has 1 aliphatic carbocycles. The predicted octanol–water partition coefficient (Wildman–Crippen LogP) is 0.505. The Morgan fingerprint density at radius 2 is 2.25 bits per heavy atom. The average Bonchev–Trinajstić information content (AvgIpc) is 1.58. The van der Waals surface area contributed by atoms with Crippen LogP contribution in [-0.2, 0) is 4.74 Å². The van der Waals surface area contributed by atoms with Crippen LogP contribution in [0.15, 0.2) is 0 Å². The third kappa shape index (κ3) is 0.361. The van der Waals surface area contributed by atoms with Gasteiger partial charge >= 0.3 is 0 Å². The highest BCUT2D eigenvalue weighted by Crippen LogP contribution is 2.50. The standard InChI is InChI=1S/C6H10O2/c7-5-6(4-8-5)2-1-3-6/h5,7H,1-4H2. The lowest BCUT2D eigenvalue weighted by atomic mass is 9.66. The predicted molar refractivity (Wildman–Crippen MR) is 28.2 cm³/mol. The minimum absolute atomic E-state index is 0.236. The van der Waals surface area contributed by atoms with Crippen molar-refractivity contribution in [1.82, 2.24) is 0 Å². The summed E-state index contributed by atoms with van der Waals surface area (Å²) in [5, 5.41) is 9.00. The number of hydrogen-bond donors (Lipinski definition) is 1. The van der Waals surface area contributed by atoms with E-state index in [0.29, 0.717) is 0 Å². The number of rotatable bonds is 0. The van der Waals surface area contributed by atoms with Gasteiger partial charge in [0.15, 0.2) is 6.29 Å². The van der Waals surface area contributed by atoms with Crippen LogP contribution in [0.1, 0.15) is 19.3 Å². The molecule has 2 aliphatic rings. The Hall–Kier alpha value is -0.0800. The number of aliphatic hydroxyl groups is 1. The molecule has 8 heavy (non-hydrogen) atoms. The molecule has 1 saturated heterocycles. The van der Waals surface area contributed by atoms with E-state index < -0.39 is 6.29 Å². The van der Waals surface area contributed by atoms with Crippen molar-refractivity contribution >= 4 is 0 Å². The molecule has 0 amide bonds. The Balaban J connectivity index is 2.03. The van der Waals surface area contributed by atoms with Gasteiger partial charge in [-0.15, -0.1) is 0 Å². The zero-order valence-electron chi connectivity index (χ0n) is 4.76. The van der Waals surface area contributed by atoms with Crippen molar-refractivity contribution in [3.8, 4) is 0 Å². The van der Waals surface area contributed by atoms with Gasteiger partial charge in [-0.1, -0.05) is 6.42 Å². The highest BCUT2D eigenvalue weighted by Gasteiger charge is 2.51. The summed E-state index contributed by atoms with van der Waals surface area (Å²) < 4.78 is 4.84. The highest BCUT2D eigenvalue weighted by molar-refractivity contribution is 4.95. The summed E-state index contributed by atoms with van der Waals surface area (Å²) in [6.07, 6.45) is 3.21. The zero-order chi connectivity index (χ0) is 5.61. The fourth-order valence-electron chi connectivity index (χ4n) is 1.42. The van der Waals surface area contributed by atoms with Gasteiger partial charge in [0, 0.05) is 5.41 Å². The molecule has 1 unspecified atom stereocenters. The maximum Gasteiger partial charge on any atom is 0.162 e. The molecule has 1 spiro atoms. The molecular formula is C6H10O2. The van der Waals surface area contributed by atoms with E-state index in [0.717, 1.165) is 6.61 Å². The Kier molecular flexibility index (Phi) is 0.746.